The minimum absolute atomic E-state index is 0.305. The molecule has 100 valence electrons. The topological polar surface area (TPSA) is 34.2 Å². The summed E-state index contributed by atoms with van der Waals surface area (Å²) in [6, 6.07) is 5.44. The molecule has 1 aromatic heterocycles. The number of halogens is 1. The van der Waals surface area contributed by atoms with E-state index >= 15 is 0 Å². The molecule has 2 heterocycles. The van der Waals surface area contributed by atoms with Crippen LogP contribution in [0.1, 0.15) is 27.7 Å². The van der Waals surface area contributed by atoms with Gasteiger partial charge < -0.3 is 14.3 Å². The van der Waals surface area contributed by atoms with Gasteiger partial charge in [0.25, 0.3) is 0 Å². The molecule has 0 saturated carbocycles. The molecule has 2 aromatic rings. The first-order valence-electron chi connectivity index (χ1n) is 6.43. The van der Waals surface area contributed by atoms with Crippen LogP contribution >= 0.6 is 0 Å². The number of H-pyrrole nitrogens is 1. The van der Waals surface area contributed by atoms with E-state index in [0.717, 1.165) is 5.39 Å². The first-order chi connectivity index (χ1) is 8.82. The molecule has 1 aliphatic heterocycles. The van der Waals surface area contributed by atoms with E-state index in [4.69, 9.17) is 9.31 Å². The number of rotatable bonds is 1. The zero-order chi connectivity index (χ0) is 13.8. The summed E-state index contributed by atoms with van der Waals surface area (Å²) in [5.74, 6) is -0.305. The Morgan fingerprint density at radius 1 is 1.05 bits per heavy atom. The van der Waals surface area contributed by atoms with Gasteiger partial charge in [0.05, 0.1) is 16.7 Å². The van der Waals surface area contributed by atoms with E-state index < -0.39 is 18.3 Å². The first-order valence-corrected chi connectivity index (χ1v) is 6.43. The van der Waals surface area contributed by atoms with Gasteiger partial charge in [0, 0.05) is 17.0 Å². The van der Waals surface area contributed by atoms with Crippen molar-refractivity contribution in [3.63, 3.8) is 0 Å². The van der Waals surface area contributed by atoms with Crippen molar-refractivity contribution in [2.75, 3.05) is 0 Å². The molecular formula is C14H17BFNO2. The Morgan fingerprint density at radius 3 is 2.32 bits per heavy atom. The molecule has 1 N–H and O–H groups in total. The van der Waals surface area contributed by atoms with E-state index in [9.17, 15) is 4.39 Å². The Balaban J connectivity index is 2.04. The third-order valence-electron chi connectivity index (χ3n) is 4.20. The molecule has 5 heteroatoms. The normalized spacial score (nSPS) is 21.2. The van der Waals surface area contributed by atoms with Gasteiger partial charge in [-0.15, -0.1) is 0 Å². The molecule has 3 rings (SSSR count). The minimum Gasteiger partial charge on any atom is -0.399 e. The summed E-state index contributed by atoms with van der Waals surface area (Å²) in [4.78, 5) is 2.91. The van der Waals surface area contributed by atoms with E-state index in [1.54, 1.807) is 12.3 Å². The zero-order valence-electron chi connectivity index (χ0n) is 11.6. The van der Waals surface area contributed by atoms with Crippen LogP contribution in [0.2, 0.25) is 0 Å². The second-order valence-corrected chi connectivity index (χ2v) is 6.00. The number of nitrogens with one attached hydrogen (secondary N) is 1. The Bertz CT molecular complexity index is 619. The average molecular weight is 261 g/mol. The van der Waals surface area contributed by atoms with Crippen molar-refractivity contribution in [2.24, 2.45) is 0 Å². The van der Waals surface area contributed by atoms with E-state index in [2.05, 4.69) is 4.98 Å². The summed E-state index contributed by atoms with van der Waals surface area (Å²) >= 11 is 0. The summed E-state index contributed by atoms with van der Waals surface area (Å²) in [5.41, 5.74) is 0.00432. The highest BCUT2D eigenvalue weighted by Crippen LogP contribution is 2.36. The number of benzene rings is 1. The SMILES string of the molecule is CC1(C)OB(c2ccc3cc[nH]c3c2F)OC1(C)C. The maximum absolute atomic E-state index is 14.5. The third-order valence-corrected chi connectivity index (χ3v) is 4.20. The Kier molecular flexibility index (Phi) is 2.56. The highest BCUT2D eigenvalue weighted by atomic mass is 19.1. The van der Waals surface area contributed by atoms with Crippen LogP contribution in [0.15, 0.2) is 24.4 Å². The molecule has 1 aliphatic rings. The quantitative estimate of drug-likeness (QED) is 0.800. The van der Waals surface area contributed by atoms with Crippen molar-refractivity contribution in [3.8, 4) is 0 Å². The monoisotopic (exact) mass is 261 g/mol. The summed E-state index contributed by atoms with van der Waals surface area (Å²) < 4.78 is 26.2. The Morgan fingerprint density at radius 2 is 1.68 bits per heavy atom. The van der Waals surface area contributed by atoms with Gasteiger partial charge in [-0.05, 0) is 33.8 Å². The average Bonchev–Trinajstić information content (AvgIpc) is 2.83. The maximum Gasteiger partial charge on any atom is 0.497 e. The summed E-state index contributed by atoms with van der Waals surface area (Å²) in [6.07, 6.45) is 1.72. The lowest BCUT2D eigenvalue weighted by atomic mass is 9.78. The van der Waals surface area contributed by atoms with Crippen LogP contribution in [0.3, 0.4) is 0 Å². The first kappa shape index (κ1) is 12.7. The van der Waals surface area contributed by atoms with Crippen LogP contribution in [0.4, 0.5) is 4.39 Å². The van der Waals surface area contributed by atoms with Crippen molar-refractivity contribution in [1.82, 2.24) is 4.98 Å². The fourth-order valence-corrected chi connectivity index (χ4v) is 2.26. The van der Waals surface area contributed by atoms with E-state index in [1.165, 1.54) is 0 Å². The molecule has 3 nitrogen and oxygen atoms in total. The Labute approximate surface area is 112 Å². The second-order valence-electron chi connectivity index (χ2n) is 6.00. The molecule has 0 bridgehead atoms. The van der Waals surface area contributed by atoms with Crippen molar-refractivity contribution in [3.05, 3.63) is 30.2 Å². The van der Waals surface area contributed by atoms with E-state index in [-0.39, 0.29) is 5.82 Å². The standard InChI is InChI=1S/C14H17BFNO2/c1-13(2)14(3,4)19-15(18-13)10-6-5-9-7-8-17-12(9)11(10)16/h5-8,17H,1-4H3. The molecule has 1 fully saturated rings. The molecule has 19 heavy (non-hydrogen) atoms. The molecular weight excluding hydrogens is 244 g/mol. The number of hydrogen-bond donors (Lipinski definition) is 1. The van der Waals surface area contributed by atoms with Crippen LogP contribution in [-0.4, -0.2) is 23.3 Å². The molecule has 0 amide bonds. The largest absolute Gasteiger partial charge is 0.497 e. The summed E-state index contributed by atoms with van der Waals surface area (Å²) in [6.45, 7) is 7.83. The predicted molar refractivity (Wildman–Crippen MR) is 74.0 cm³/mol. The number of fused-ring (bicyclic) bond motifs is 1. The molecule has 1 saturated heterocycles. The van der Waals surface area contributed by atoms with Gasteiger partial charge in [-0.1, -0.05) is 12.1 Å². The second kappa shape index (κ2) is 3.84. The molecule has 0 unspecified atom stereocenters. The number of hydrogen-bond acceptors (Lipinski definition) is 2. The van der Waals surface area contributed by atoms with Gasteiger partial charge in [0.15, 0.2) is 0 Å². The fraction of sp³-hybridized carbons (Fsp3) is 0.429. The molecule has 0 aliphatic carbocycles. The third kappa shape index (κ3) is 1.80. The maximum atomic E-state index is 14.5. The van der Waals surface area contributed by atoms with Gasteiger partial charge in [-0.25, -0.2) is 4.39 Å². The van der Waals surface area contributed by atoms with Gasteiger partial charge in [0.1, 0.15) is 5.82 Å². The van der Waals surface area contributed by atoms with E-state index in [1.807, 2.05) is 39.8 Å². The lowest BCUT2D eigenvalue weighted by molar-refractivity contribution is 0.00578. The number of aromatic amines is 1. The van der Waals surface area contributed by atoms with Gasteiger partial charge >= 0.3 is 7.12 Å². The van der Waals surface area contributed by atoms with Crippen molar-refractivity contribution < 1.29 is 13.7 Å². The summed E-state index contributed by atoms with van der Waals surface area (Å²) in [7, 11) is -0.669. The van der Waals surface area contributed by atoms with Crippen LogP contribution < -0.4 is 5.46 Å². The van der Waals surface area contributed by atoms with Gasteiger partial charge in [-0.3, -0.25) is 0 Å². The van der Waals surface area contributed by atoms with E-state index in [0.29, 0.717) is 11.0 Å². The van der Waals surface area contributed by atoms with Crippen molar-refractivity contribution in [2.45, 2.75) is 38.9 Å². The molecule has 0 spiro atoms. The van der Waals surface area contributed by atoms with Gasteiger partial charge in [-0.2, -0.15) is 0 Å². The predicted octanol–water partition coefficient (Wildman–Crippen LogP) is 2.61. The van der Waals surface area contributed by atoms with Crippen LogP contribution in [0.5, 0.6) is 0 Å². The highest BCUT2D eigenvalue weighted by molar-refractivity contribution is 6.62. The van der Waals surface area contributed by atoms with Crippen LogP contribution in [0.25, 0.3) is 10.9 Å². The van der Waals surface area contributed by atoms with Crippen molar-refractivity contribution in [1.29, 1.82) is 0 Å². The molecule has 0 atom stereocenters. The molecule has 0 radical (unpaired) electrons. The van der Waals surface area contributed by atoms with Crippen LogP contribution in [-0.2, 0) is 9.31 Å². The van der Waals surface area contributed by atoms with Crippen LogP contribution in [0, 0.1) is 5.82 Å². The molecule has 1 aromatic carbocycles. The fourth-order valence-electron chi connectivity index (χ4n) is 2.26. The highest BCUT2D eigenvalue weighted by Gasteiger charge is 2.52. The lowest BCUT2D eigenvalue weighted by Gasteiger charge is -2.32. The minimum atomic E-state index is -0.669. The van der Waals surface area contributed by atoms with Crippen molar-refractivity contribution >= 4 is 23.5 Å². The summed E-state index contributed by atoms with van der Waals surface area (Å²) in [5, 5.41) is 0.845. The zero-order valence-corrected chi connectivity index (χ0v) is 11.6. The van der Waals surface area contributed by atoms with Gasteiger partial charge in [0.2, 0.25) is 0 Å². The number of aromatic nitrogens is 1. The smallest absolute Gasteiger partial charge is 0.399 e. The lowest BCUT2D eigenvalue weighted by Crippen LogP contribution is -2.41. The Hall–Kier alpha value is -1.33.